The molecule has 2 N–H and O–H groups in total. The first-order valence-electron chi connectivity index (χ1n) is 7.10. The number of hydrogen-bond acceptors (Lipinski definition) is 5. The molecule has 0 amide bonds. The van der Waals surface area contributed by atoms with E-state index in [1.807, 2.05) is 24.3 Å². The van der Waals surface area contributed by atoms with Crippen molar-refractivity contribution < 1.29 is 9.63 Å². The molecule has 4 rings (SSSR count). The van der Waals surface area contributed by atoms with Crippen molar-refractivity contribution in [3.8, 4) is 17.1 Å². The Hall–Kier alpha value is -2.40. The molecule has 3 aromatic rings. The number of phenolic OH excluding ortho intramolecular Hbond substituents is 1. The number of fused-ring (bicyclic) bond motifs is 1. The van der Waals surface area contributed by atoms with E-state index in [4.69, 9.17) is 4.52 Å². The number of rotatable bonds is 2. The molecule has 21 heavy (non-hydrogen) atoms. The largest absolute Gasteiger partial charge is 0.508 e. The molecule has 1 unspecified atom stereocenters. The van der Waals surface area contributed by atoms with Crippen LogP contribution < -0.4 is 5.32 Å². The molecule has 106 valence electrons. The number of nitrogens with zero attached hydrogens (tertiary/aromatic N) is 2. The summed E-state index contributed by atoms with van der Waals surface area (Å²) in [6.45, 7) is 1.00. The number of phenols is 1. The monoisotopic (exact) mass is 281 g/mol. The molecule has 1 saturated heterocycles. The van der Waals surface area contributed by atoms with E-state index >= 15 is 0 Å². The van der Waals surface area contributed by atoms with Gasteiger partial charge >= 0.3 is 0 Å². The van der Waals surface area contributed by atoms with Gasteiger partial charge in [0.15, 0.2) is 0 Å². The van der Waals surface area contributed by atoms with Crippen LogP contribution >= 0.6 is 0 Å². The van der Waals surface area contributed by atoms with Gasteiger partial charge in [-0.2, -0.15) is 4.98 Å². The van der Waals surface area contributed by atoms with Gasteiger partial charge in [-0.05, 0) is 48.4 Å². The first kappa shape index (κ1) is 12.3. The molecular weight excluding hydrogens is 266 g/mol. The van der Waals surface area contributed by atoms with Gasteiger partial charge in [-0.3, -0.25) is 0 Å². The summed E-state index contributed by atoms with van der Waals surface area (Å²) < 4.78 is 5.37. The molecule has 0 radical (unpaired) electrons. The highest BCUT2D eigenvalue weighted by molar-refractivity contribution is 5.87. The van der Waals surface area contributed by atoms with Gasteiger partial charge in [0.25, 0.3) is 0 Å². The minimum absolute atomic E-state index is 0.184. The summed E-state index contributed by atoms with van der Waals surface area (Å²) >= 11 is 0. The number of nitrogens with one attached hydrogen (secondary N) is 1. The summed E-state index contributed by atoms with van der Waals surface area (Å²) in [5.41, 5.74) is 0.918. The maximum atomic E-state index is 9.49. The Balaban J connectivity index is 1.71. The van der Waals surface area contributed by atoms with Crippen molar-refractivity contribution in [3.63, 3.8) is 0 Å². The Morgan fingerprint density at radius 1 is 1.14 bits per heavy atom. The van der Waals surface area contributed by atoms with Crippen molar-refractivity contribution in [2.24, 2.45) is 0 Å². The van der Waals surface area contributed by atoms with Gasteiger partial charge in [0.1, 0.15) is 5.75 Å². The van der Waals surface area contributed by atoms with Gasteiger partial charge in [-0.15, -0.1) is 0 Å². The lowest BCUT2D eigenvalue weighted by molar-refractivity contribution is 0.345. The Morgan fingerprint density at radius 2 is 2.00 bits per heavy atom. The second kappa shape index (κ2) is 4.86. The first-order valence-corrected chi connectivity index (χ1v) is 7.10. The van der Waals surface area contributed by atoms with E-state index in [0.29, 0.717) is 11.7 Å². The van der Waals surface area contributed by atoms with Crippen molar-refractivity contribution in [2.75, 3.05) is 6.54 Å². The molecule has 1 atom stereocenters. The average Bonchev–Trinajstić information content (AvgIpc) is 3.17. The van der Waals surface area contributed by atoms with Crippen LogP contribution in [-0.4, -0.2) is 21.8 Å². The number of hydrogen-bond donors (Lipinski definition) is 2. The Labute approximate surface area is 121 Å². The van der Waals surface area contributed by atoms with E-state index in [-0.39, 0.29) is 11.8 Å². The predicted molar refractivity (Wildman–Crippen MR) is 78.9 cm³/mol. The van der Waals surface area contributed by atoms with Crippen molar-refractivity contribution in [2.45, 2.75) is 18.9 Å². The standard InChI is InChI=1S/C16H15N3O2/c20-13-6-5-10-8-12(4-3-11(10)9-13)15-18-16(21-19-15)14-2-1-7-17-14/h3-6,8-9,14,17,20H,1-2,7H2. The van der Waals surface area contributed by atoms with E-state index in [1.54, 1.807) is 12.1 Å². The normalized spacial score (nSPS) is 18.4. The molecule has 1 fully saturated rings. The average molecular weight is 281 g/mol. The predicted octanol–water partition coefficient (Wildman–Crippen LogP) is 3.02. The quantitative estimate of drug-likeness (QED) is 0.755. The third kappa shape index (κ3) is 2.25. The lowest BCUT2D eigenvalue weighted by atomic mass is 10.1. The van der Waals surface area contributed by atoms with Crippen molar-refractivity contribution in [1.82, 2.24) is 15.5 Å². The fourth-order valence-corrected chi connectivity index (χ4v) is 2.76. The third-order valence-electron chi connectivity index (χ3n) is 3.88. The lowest BCUT2D eigenvalue weighted by Gasteiger charge is -2.02. The number of aromatic nitrogens is 2. The van der Waals surface area contributed by atoms with Gasteiger partial charge in [0.05, 0.1) is 6.04 Å². The molecule has 1 aliphatic heterocycles. The van der Waals surface area contributed by atoms with Gasteiger partial charge < -0.3 is 14.9 Å². The zero-order chi connectivity index (χ0) is 14.2. The Bertz CT molecular complexity index is 791. The second-order valence-corrected chi connectivity index (χ2v) is 5.35. The van der Waals surface area contributed by atoms with Crippen LogP contribution in [0.3, 0.4) is 0 Å². The van der Waals surface area contributed by atoms with E-state index in [9.17, 15) is 5.11 Å². The summed E-state index contributed by atoms with van der Waals surface area (Å²) in [6, 6.07) is 11.4. The van der Waals surface area contributed by atoms with Crippen LogP contribution in [0.4, 0.5) is 0 Å². The van der Waals surface area contributed by atoms with Crippen molar-refractivity contribution in [3.05, 3.63) is 42.3 Å². The van der Waals surface area contributed by atoms with Crippen LogP contribution in [0.2, 0.25) is 0 Å². The van der Waals surface area contributed by atoms with E-state index in [1.165, 1.54) is 0 Å². The SMILES string of the molecule is Oc1ccc2cc(-c3noc(C4CCCN4)n3)ccc2c1. The molecule has 0 spiro atoms. The summed E-state index contributed by atoms with van der Waals surface area (Å²) in [5.74, 6) is 1.53. The zero-order valence-corrected chi connectivity index (χ0v) is 11.4. The lowest BCUT2D eigenvalue weighted by Crippen LogP contribution is -2.12. The number of benzene rings is 2. The van der Waals surface area contributed by atoms with Crippen LogP contribution in [0, 0.1) is 0 Å². The fraction of sp³-hybridized carbons (Fsp3) is 0.250. The molecule has 0 aliphatic carbocycles. The minimum atomic E-state index is 0.184. The Morgan fingerprint density at radius 3 is 2.86 bits per heavy atom. The molecule has 5 nitrogen and oxygen atoms in total. The summed E-state index contributed by atoms with van der Waals surface area (Å²) in [5, 5.41) is 18.9. The van der Waals surface area contributed by atoms with E-state index < -0.39 is 0 Å². The summed E-state index contributed by atoms with van der Waals surface area (Å²) in [6.07, 6.45) is 2.18. The minimum Gasteiger partial charge on any atom is -0.508 e. The Kier molecular flexibility index (Phi) is 2.86. The second-order valence-electron chi connectivity index (χ2n) is 5.35. The smallest absolute Gasteiger partial charge is 0.244 e. The molecular formula is C16H15N3O2. The third-order valence-corrected chi connectivity index (χ3v) is 3.88. The summed E-state index contributed by atoms with van der Waals surface area (Å²) in [7, 11) is 0. The molecule has 5 heteroatoms. The molecule has 1 aromatic heterocycles. The van der Waals surface area contributed by atoms with Crippen LogP contribution in [0.25, 0.3) is 22.2 Å². The highest BCUT2D eigenvalue weighted by atomic mass is 16.5. The zero-order valence-electron chi connectivity index (χ0n) is 11.4. The molecule has 2 aromatic carbocycles. The first-order chi connectivity index (χ1) is 10.3. The van der Waals surface area contributed by atoms with Gasteiger partial charge in [-0.1, -0.05) is 23.4 Å². The molecule has 0 bridgehead atoms. The number of aromatic hydroxyl groups is 1. The summed E-state index contributed by atoms with van der Waals surface area (Å²) in [4.78, 5) is 4.50. The highest BCUT2D eigenvalue weighted by Crippen LogP contribution is 2.27. The van der Waals surface area contributed by atoms with E-state index in [0.717, 1.165) is 35.7 Å². The van der Waals surface area contributed by atoms with Gasteiger partial charge in [0, 0.05) is 5.56 Å². The van der Waals surface area contributed by atoms with Gasteiger partial charge in [-0.25, -0.2) is 0 Å². The maximum Gasteiger partial charge on any atom is 0.244 e. The maximum absolute atomic E-state index is 9.49. The highest BCUT2D eigenvalue weighted by Gasteiger charge is 2.22. The van der Waals surface area contributed by atoms with Crippen molar-refractivity contribution >= 4 is 10.8 Å². The molecule has 1 aliphatic rings. The van der Waals surface area contributed by atoms with Crippen LogP contribution in [0.15, 0.2) is 40.9 Å². The van der Waals surface area contributed by atoms with Crippen molar-refractivity contribution in [1.29, 1.82) is 0 Å². The topological polar surface area (TPSA) is 71.2 Å². The van der Waals surface area contributed by atoms with E-state index in [2.05, 4.69) is 15.5 Å². The van der Waals surface area contributed by atoms with Crippen LogP contribution in [-0.2, 0) is 0 Å². The van der Waals surface area contributed by atoms with Crippen LogP contribution in [0.1, 0.15) is 24.8 Å². The van der Waals surface area contributed by atoms with Gasteiger partial charge in [0.2, 0.25) is 11.7 Å². The molecule has 0 saturated carbocycles. The van der Waals surface area contributed by atoms with Crippen LogP contribution in [0.5, 0.6) is 5.75 Å². The fourth-order valence-electron chi connectivity index (χ4n) is 2.76. The molecule has 2 heterocycles.